The third kappa shape index (κ3) is 4.96. The van der Waals surface area contributed by atoms with E-state index < -0.39 is 0 Å². The van der Waals surface area contributed by atoms with Gasteiger partial charge in [-0.05, 0) is 59.6 Å². The average molecular weight is 407 g/mol. The topological polar surface area (TPSA) is 59.6 Å². The number of carbonyl (C=O) groups excluding carboxylic acids is 1. The van der Waals surface area contributed by atoms with E-state index in [1.807, 2.05) is 56.3 Å². The maximum Gasteiger partial charge on any atom is 0.241 e. The Bertz CT molecular complexity index is 736. The summed E-state index contributed by atoms with van der Waals surface area (Å²) in [5.74, 6) is 1.29. The molecular weight excluding hydrogens is 384 g/mol. The zero-order valence-electron chi connectivity index (χ0n) is 14.8. The van der Waals surface area contributed by atoms with Gasteiger partial charge in [-0.1, -0.05) is 18.2 Å². The molecule has 0 bridgehead atoms. The number of carbonyl (C=O) groups is 1. The molecule has 0 radical (unpaired) electrons. The maximum atomic E-state index is 12.5. The zero-order valence-corrected chi connectivity index (χ0v) is 16.4. The Morgan fingerprint density at radius 1 is 1.04 bits per heavy atom. The first kappa shape index (κ1) is 19.3. The zero-order chi connectivity index (χ0) is 18.4. The van der Waals surface area contributed by atoms with E-state index in [1.165, 1.54) is 0 Å². The minimum absolute atomic E-state index is 0.000579. The molecule has 0 fully saturated rings. The summed E-state index contributed by atoms with van der Waals surface area (Å²) in [4.78, 5) is 12.5. The van der Waals surface area contributed by atoms with E-state index in [4.69, 9.17) is 9.47 Å². The summed E-state index contributed by atoms with van der Waals surface area (Å²) in [7, 11) is 3.21. The predicted octanol–water partition coefficient (Wildman–Crippen LogP) is 4.14. The van der Waals surface area contributed by atoms with Crippen molar-refractivity contribution < 1.29 is 14.3 Å². The SMILES string of the molecule is COc1ccc([C@H](C)N[C@H](C)C(=O)Nc2ccccc2OC)cc1Br. The number of halogens is 1. The van der Waals surface area contributed by atoms with Gasteiger partial charge in [0.2, 0.25) is 5.91 Å². The van der Waals surface area contributed by atoms with Gasteiger partial charge in [-0.25, -0.2) is 0 Å². The first-order valence-corrected chi connectivity index (χ1v) is 8.79. The van der Waals surface area contributed by atoms with E-state index >= 15 is 0 Å². The van der Waals surface area contributed by atoms with Crippen molar-refractivity contribution in [3.05, 3.63) is 52.5 Å². The lowest BCUT2D eigenvalue weighted by atomic mass is 10.1. The molecule has 0 spiro atoms. The molecule has 0 unspecified atom stereocenters. The number of benzene rings is 2. The molecule has 0 saturated heterocycles. The number of rotatable bonds is 7. The second-order valence-corrected chi connectivity index (χ2v) is 6.55. The minimum Gasteiger partial charge on any atom is -0.496 e. The normalized spacial score (nSPS) is 13.0. The van der Waals surface area contributed by atoms with Crippen LogP contribution in [0, 0.1) is 0 Å². The molecule has 2 atom stereocenters. The maximum absolute atomic E-state index is 12.5. The largest absolute Gasteiger partial charge is 0.496 e. The average Bonchev–Trinajstić information content (AvgIpc) is 2.61. The number of anilines is 1. The first-order valence-electron chi connectivity index (χ1n) is 7.99. The molecule has 0 aliphatic carbocycles. The van der Waals surface area contributed by atoms with E-state index in [0.717, 1.165) is 15.8 Å². The molecule has 1 amide bonds. The van der Waals surface area contributed by atoms with E-state index in [-0.39, 0.29) is 18.0 Å². The Kier molecular flexibility index (Phi) is 6.84. The van der Waals surface area contributed by atoms with Gasteiger partial charge in [0.05, 0.1) is 30.4 Å². The molecule has 5 nitrogen and oxygen atoms in total. The molecule has 0 aromatic heterocycles. The van der Waals surface area contributed by atoms with Crippen molar-refractivity contribution in [2.75, 3.05) is 19.5 Å². The van der Waals surface area contributed by atoms with Crippen molar-refractivity contribution in [1.82, 2.24) is 5.32 Å². The second-order valence-electron chi connectivity index (χ2n) is 5.69. The lowest BCUT2D eigenvalue weighted by Gasteiger charge is -2.21. The summed E-state index contributed by atoms with van der Waals surface area (Å²) in [6.07, 6.45) is 0. The van der Waals surface area contributed by atoms with Gasteiger partial charge in [-0.15, -0.1) is 0 Å². The third-order valence-corrected chi connectivity index (χ3v) is 4.55. The van der Waals surface area contributed by atoms with Gasteiger partial charge in [-0.2, -0.15) is 0 Å². The third-order valence-electron chi connectivity index (χ3n) is 3.93. The van der Waals surface area contributed by atoms with Crippen LogP contribution in [0.1, 0.15) is 25.5 Å². The fourth-order valence-electron chi connectivity index (χ4n) is 2.49. The fourth-order valence-corrected chi connectivity index (χ4v) is 3.05. The number of hydrogen-bond acceptors (Lipinski definition) is 4. The molecule has 0 aliphatic heterocycles. The smallest absolute Gasteiger partial charge is 0.241 e. The molecule has 25 heavy (non-hydrogen) atoms. The molecule has 0 aliphatic rings. The highest BCUT2D eigenvalue weighted by molar-refractivity contribution is 9.10. The molecule has 2 rings (SSSR count). The molecule has 0 saturated carbocycles. The van der Waals surface area contributed by atoms with Crippen LogP contribution in [0.15, 0.2) is 46.9 Å². The summed E-state index contributed by atoms with van der Waals surface area (Å²) >= 11 is 3.48. The van der Waals surface area contributed by atoms with Gasteiger partial charge < -0.3 is 14.8 Å². The Labute approximate surface area is 156 Å². The van der Waals surface area contributed by atoms with Crippen LogP contribution < -0.4 is 20.1 Å². The van der Waals surface area contributed by atoms with Crippen LogP contribution >= 0.6 is 15.9 Å². The number of methoxy groups -OCH3 is 2. The molecule has 2 N–H and O–H groups in total. The molecule has 134 valence electrons. The molecule has 2 aromatic rings. The number of para-hydroxylation sites is 2. The lowest BCUT2D eigenvalue weighted by Crippen LogP contribution is -2.39. The van der Waals surface area contributed by atoms with Crippen LogP contribution in [0.4, 0.5) is 5.69 Å². The van der Waals surface area contributed by atoms with Gasteiger partial charge in [-0.3, -0.25) is 10.1 Å². The molecular formula is C19H23BrN2O3. The van der Waals surface area contributed by atoms with Crippen molar-refractivity contribution in [2.24, 2.45) is 0 Å². The number of nitrogens with one attached hydrogen (secondary N) is 2. The molecule has 2 aromatic carbocycles. The summed E-state index contributed by atoms with van der Waals surface area (Å²) in [5, 5.41) is 6.20. The highest BCUT2D eigenvalue weighted by Crippen LogP contribution is 2.28. The van der Waals surface area contributed by atoms with Crippen molar-refractivity contribution >= 4 is 27.5 Å². The Hall–Kier alpha value is -2.05. The van der Waals surface area contributed by atoms with E-state index in [2.05, 4.69) is 26.6 Å². The number of amides is 1. The van der Waals surface area contributed by atoms with Gasteiger partial charge in [0.15, 0.2) is 0 Å². The highest BCUT2D eigenvalue weighted by atomic mass is 79.9. The van der Waals surface area contributed by atoms with Crippen LogP contribution in [0.3, 0.4) is 0 Å². The number of hydrogen-bond donors (Lipinski definition) is 2. The molecule has 6 heteroatoms. The molecule has 0 heterocycles. The second kappa shape index (κ2) is 8.87. The van der Waals surface area contributed by atoms with Gasteiger partial charge in [0.25, 0.3) is 0 Å². The van der Waals surface area contributed by atoms with Crippen LogP contribution in [0.2, 0.25) is 0 Å². The van der Waals surface area contributed by atoms with E-state index in [9.17, 15) is 4.79 Å². The number of ether oxygens (including phenoxy) is 2. The predicted molar refractivity (Wildman–Crippen MR) is 103 cm³/mol. The Morgan fingerprint density at radius 3 is 2.36 bits per heavy atom. The Morgan fingerprint density at radius 2 is 1.72 bits per heavy atom. The van der Waals surface area contributed by atoms with E-state index in [0.29, 0.717) is 11.4 Å². The van der Waals surface area contributed by atoms with Crippen molar-refractivity contribution in [2.45, 2.75) is 25.9 Å². The van der Waals surface area contributed by atoms with Crippen molar-refractivity contribution in [1.29, 1.82) is 0 Å². The van der Waals surface area contributed by atoms with Crippen molar-refractivity contribution in [3.63, 3.8) is 0 Å². The van der Waals surface area contributed by atoms with Crippen LogP contribution in [-0.4, -0.2) is 26.2 Å². The highest BCUT2D eigenvalue weighted by Gasteiger charge is 2.18. The summed E-state index contributed by atoms with van der Waals surface area (Å²) < 4.78 is 11.4. The first-order chi connectivity index (χ1) is 12.0. The van der Waals surface area contributed by atoms with Crippen LogP contribution in [0.5, 0.6) is 11.5 Å². The fraction of sp³-hybridized carbons (Fsp3) is 0.316. The van der Waals surface area contributed by atoms with Crippen LogP contribution in [0.25, 0.3) is 0 Å². The lowest BCUT2D eigenvalue weighted by molar-refractivity contribution is -0.117. The monoisotopic (exact) mass is 406 g/mol. The Balaban J connectivity index is 2.01. The van der Waals surface area contributed by atoms with Gasteiger partial charge in [0, 0.05) is 6.04 Å². The van der Waals surface area contributed by atoms with Gasteiger partial charge >= 0.3 is 0 Å². The van der Waals surface area contributed by atoms with E-state index in [1.54, 1.807) is 14.2 Å². The van der Waals surface area contributed by atoms with Gasteiger partial charge in [0.1, 0.15) is 11.5 Å². The van der Waals surface area contributed by atoms with Crippen LogP contribution in [-0.2, 0) is 4.79 Å². The minimum atomic E-state index is -0.374. The quantitative estimate of drug-likeness (QED) is 0.724. The van der Waals surface area contributed by atoms with Crippen molar-refractivity contribution in [3.8, 4) is 11.5 Å². The summed E-state index contributed by atoms with van der Waals surface area (Å²) in [5.41, 5.74) is 1.72. The summed E-state index contributed by atoms with van der Waals surface area (Å²) in [6.45, 7) is 3.85. The standard InChI is InChI=1S/C19H23BrN2O3/c1-12(14-9-10-17(24-3)15(20)11-14)21-13(2)19(23)22-16-7-5-6-8-18(16)25-4/h5-13,21H,1-4H3,(H,22,23)/t12-,13+/m0/s1. The summed E-state index contributed by atoms with van der Waals surface area (Å²) in [6, 6.07) is 12.8.